The number of hydrogen-bond acceptors (Lipinski definition) is 3. The summed E-state index contributed by atoms with van der Waals surface area (Å²) < 4.78 is 54.0. The molecule has 0 aliphatic rings. The summed E-state index contributed by atoms with van der Waals surface area (Å²) in [4.78, 5) is 11.7. The van der Waals surface area contributed by atoms with Crippen molar-refractivity contribution < 1.29 is 22.0 Å². The number of amides is 1. The second kappa shape index (κ2) is 9.05. The van der Waals surface area contributed by atoms with Gasteiger partial charge >= 0.3 is 0 Å². The molecule has 1 unspecified atom stereocenters. The molecule has 0 radical (unpaired) electrons. The van der Waals surface area contributed by atoms with E-state index in [1.54, 1.807) is 6.92 Å². The quantitative estimate of drug-likeness (QED) is 0.746. The Balaban J connectivity index is 2.34. The van der Waals surface area contributed by atoms with Gasteiger partial charge in [-0.2, -0.15) is 4.31 Å². The first-order valence-corrected chi connectivity index (χ1v) is 9.96. The van der Waals surface area contributed by atoms with Crippen LogP contribution < -0.4 is 5.32 Å². The van der Waals surface area contributed by atoms with Crippen LogP contribution >= 0.6 is 0 Å². The minimum absolute atomic E-state index is 0.124. The summed E-state index contributed by atoms with van der Waals surface area (Å²) in [6.45, 7) is 3.02. The molecular weight excluding hydrogens is 374 g/mol. The molecule has 0 saturated carbocycles. The van der Waals surface area contributed by atoms with Crippen LogP contribution in [0.1, 0.15) is 25.8 Å². The second-order valence-corrected chi connectivity index (χ2v) is 8.11. The lowest BCUT2D eigenvalue weighted by Gasteiger charge is -2.23. The van der Waals surface area contributed by atoms with Crippen molar-refractivity contribution in [2.24, 2.45) is 0 Å². The van der Waals surface area contributed by atoms with Gasteiger partial charge in [0.15, 0.2) is 0 Å². The van der Waals surface area contributed by atoms with Crippen LogP contribution in [0, 0.1) is 11.6 Å². The number of rotatable bonds is 8. The summed E-state index contributed by atoms with van der Waals surface area (Å²) in [5.41, 5.74) is 0.479. The lowest BCUT2D eigenvalue weighted by Crippen LogP contribution is -2.43. The number of benzene rings is 2. The van der Waals surface area contributed by atoms with Crippen molar-refractivity contribution in [3.05, 3.63) is 65.7 Å². The highest BCUT2D eigenvalue weighted by molar-refractivity contribution is 7.89. The van der Waals surface area contributed by atoms with Gasteiger partial charge in [-0.1, -0.05) is 31.2 Å². The normalized spacial score (nSPS) is 12.8. The van der Waals surface area contributed by atoms with Gasteiger partial charge in [0, 0.05) is 12.6 Å². The predicted molar refractivity (Wildman–Crippen MR) is 98.3 cm³/mol. The van der Waals surface area contributed by atoms with Gasteiger partial charge in [0.1, 0.15) is 16.5 Å². The van der Waals surface area contributed by atoms with Crippen molar-refractivity contribution in [2.75, 3.05) is 6.54 Å². The molecule has 0 saturated heterocycles. The van der Waals surface area contributed by atoms with E-state index in [4.69, 9.17) is 0 Å². The fourth-order valence-corrected chi connectivity index (χ4v) is 3.84. The van der Waals surface area contributed by atoms with Gasteiger partial charge in [-0.15, -0.1) is 0 Å². The molecule has 0 aliphatic heterocycles. The van der Waals surface area contributed by atoms with Crippen molar-refractivity contribution in [1.82, 2.24) is 9.62 Å². The van der Waals surface area contributed by atoms with Crippen molar-refractivity contribution in [1.29, 1.82) is 0 Å². The Bertz CT molecular complexity index is 886. The average molecular weight is 396 g/mol. The van der Waals surface area contributed by atoms with Gasteiger partial charge in [0.25, 0.3) is 0 Å². The second-order valence-electron chi connectivity index (χ2n) is 6.21. The Morgan fingerprint density at radius 2 is 1.74 bits per heavy atom. The van der Waals surface area contributed by atoms with E-state index in [0.717, 1.165) is 16.4 Å². The summed E-state index contributed by atoms with van der Waals surface area (Å²) in [6.07, 6.45) is 0.684. The van der Waals surface area contributed by atoms with E-state index in [1.165, 1.54) is 36.4 Å². The molecule has 1 amide bonds. The molecule has 146 valence electrons. The number of hydrogen-bond donors (Lipinski definition) is 1. The average Bonchev–Trinajstić information content (AvgIpc) is 2.63. The number of halogens is 2. The van der Waals surface area contributed by atoms with E-state index in [1.807, 2.05) is 6.92 Å². The maximum Gasteiger partial charge on any atom is 0.246 e. The molecule has 5 nitrogen and oxygen atoms in total. The molecule has 2 aromatic rings. The zero-order valence-corrected chi connectivity index (χ0v) is 16.0. The van der Waals surface area contributed by atoms with Crippen molar-refractivity contribution in [2.45, 2.75) is 37.8 Å². The Hall–Kier alpha value is -2.32. The fourth-order valence-electron chi connectivity index (χ4n) is 2.40. The first-order chi connectivity index (χ1) is 12.7. The first-order valence-electron chi connectivity index (χ1n) is 8.52. The van der Waals surface area contributed by atoms with Gasteiger partial charge in [0.2, 0.25) is 15.9 Å². The van der Waals surface area contributed by atoms with E-state index in [2.05, 4.69) is 5.32 Å². The summed E-state index contributed by atoms with van der Waals surface area (Å²) in [5.74, 6) is -1.85. The van der Waals surface area contributed by atoms with Gasteiger partial charge in [0.05, 0.1) is 6.54 Å². The highest BCUT2D eigenvalue weighted by Gasteiger charge is 2.29. The standard InChI is InChI=1S/C19H22F2N2O3S/c1-3-14(2)22-19(24)13-23(12-15-8-10-16(20)11-9-15)27(25,26)18-7-5-4-6-17(18)21/h4-11,14H,3,12-13H2,1-2H3,(H,22,24). The zero-order valence-electron chi connectivity index (χ0n) is 15.2. The Morgan fingerprint density at radius 1 is 1.11 bits per heavy atom. The maximum atomic E-state index is 14.1. The molecule has 2 rings (SSSR count). The van der Waals surface area contributed by atoms with Gasteiger partial charge in [-0.25, -0.2) is 17.2 Å². The molecule has 1 N–H and O–H groups in total. The molecule has 27 heavy (non-hydrogen) atoms. The van der Waals surface area contributed by atoms with E-state index in [-0.39, 0.29) is 12.6 Å². The van der Waals surface area contributed by atoms with Crippen LogP contribution in [0.5, 0.6) is 0 Å². The minimum atomic E-state index is -4.27. The number of carbonyl (C=O) groups is 1. The van der Waals surface area contributed by atoms with E-state index in [0.29, 0.717) is 12.0 Å². The predicted octanol–water partition coefficient (Wildman–Crippen LogP) is 3.07. The van der Waals surface area contributed by atoms with Crippen molar-refractivity contribution in [3.63, 3.8) is 0 Å². The molecule has 0 aliphatic carbocycles. The van der Waals surface area contributed by atoms with E-state index >= 15 is 0 Å². The molecular formula is C19H22F2N2O3S. The molecule has 0 fully saturated rings. The number of sulfonamides is 1. The smallest absolute Gasteiger partial charge is 0.246 e. The van der Waals surface area contributed by atoms with Crippen LogP contribution in [0.15, 0.2) is 53.4 Å². The van der Waals surface area contributed by atoms with Gasteiger partial charge in [-0.3, -0.25) is 4.79 Å². The third-order valence-corrected chi connectivity index (χ3v) is 5.89. The first kappa shape index (κ1) is 21.0. The SMILES string of the molecule is CCC(C)NC(=O)CN(Cc1ccc(F)cc1)S(=O)(=O)c1ccccc1F. The number of carbonyl (C=O) groups excluding carboxylic acids is 1. The summed E-state index contributed by atoms with van der Waals surface area (Å²) in [5, 5.41) is 2.69. The monoisotopic (exact) mass is 396 g/mol. The summed E-state index contributed by atoms with van der Waals surface area (Å²) >= 11 is 0. The Labute approximate surface area is 158 Å². The number of nitrogens with one attached hydrogen (secondary N) is 1. The highest BCUT2D eigenvalue weighted by Crippen LogP contribution is 2.21. The van der Waals surface area contributed by atoms with Crippen molar-refractivity contribution in [3.8, 4) is 0 Å². The number of nitrogens with zero attached hydrogens (tertiary/aromatic N) is 1. The van der Waals surface area contributed by atoms with Crippen molar-refractivity contribution >= 4 is 15.9 Å². The van der Waals surface area contributed by atoms with Gasteiger partial charge in [-0.05, 0) is 43.2 Å². The molecule has 2 aromatic carbocycles. The van der Waals surface area contributed by atoms with E-state index < -0.39 is 39.0 Å². The lowest BCUT2D eigenvalue weighted by molar-refractivity contribution is -0.122. The van der Waals surface area contributed by atoms with Crippen LogP contribution in [-0.4, -0.2) is 31.2 Å². The molecule has 8 heteroatoms. The zero-order chi connectivity index (χ0) is 20.0. The van der Waals surface area contributed by atoms with Crippen LogP contribution in [-0.2, 0) is 21.4 Å². The van der Waals surface area contributed by atoms with Crippen LogP contribution in [0.3, 0.4) is 0 Å². The van der Waals surface area contributed by atoms with Crippen LogP contribution in [0.4, 0.5) is 8.78 Å². The summed E-state index contributed by atoms with van der Waals surface area (Å²) in [7, 11) is -4.27. The molecule has 0 bridgehead atoms. The third-order valence-electron chi connectivity index (χ3n) is 4.07. The highest BCUT2D eigenvalue weighted by atomic mass is 32.2. The minimum Gasteiger partial charge on any atom is -0.353 e. The van der Waals surface area contributed by atoms with Gasteiger partial charge < -0.3 is 5.32 Å². The molecule has 0 aromatic heterocycles. The molecule has 0 heterocycles. The molecule has 0 spiro atoms. The van der Waals surface area contributed by atoms with Crippen LogP contribution in [0.25, 0.3) is 0 Å². The third kappa shape index (κ3) is 5.58. The topological polar surface area (TPSA) is 66.5 Å². The summed E-state index contributed by atoms with van der Waals surface area (Å²) in [6, 6.07) is 10.1. The maximum absolute atomic E-state index is 14.1. The van der Waals surface area contributed by atoms with E-state index in [9.17, 15) is 22.0 Å². The van der Waals surface area contributed by atoms with Crippen LogP contribution in [0.2, 0.25) is 0 Å². The fraction of sp³-hybridized carbons (Fsp3) is 0.316. The Kier molecular flexibility index (Phi) is 7.04. The largest absolute Gasteiger partial charge is 0.353 e. The Morgan fingerprint density at radius 3 is 2.33 bits per heavy atom. The molecule has 1 atom stereocenters. The lowest BCUT2D eigenvalue weighted by atomic mass is 10.2.